The molecule has 18 heavy (non-hydrogen) atoms. The van der Waals surface area contributed by atoms with Gasteiger partial charge in [0.05, 0.1) is 5.75 Å². The maximum atomic E-state index is 12.0. The summed E-state index contributed by atoms with van der Waals surface area (Å²) >= 11 is 0. The normalized spacial score (nSPS) is 16.7. The molecule has 0 unspecified atom stereocenters. The molecule has 1 aromatic rings. The van der Waals surface area contributed by atoms with E-state index in [1.807, 2.05) is 6.07 Å². The first-order chi connectivity index (χ1) is 8.50. The van der Waals surface area contributed by atoms with Crippen LogP contribution < -0.4 is 4.72 Å². The van der Waals surface area contributed by atoms with Crippen LogP contribution in [-0.4, -0.2) is 24.0 Å². The zero-order valence-corrected chi connectivity index (χ0v) is 11.1. The lowest BCUT2D eigenvalue weighted by Crippen LogP contribution is -2.22. The maximum absolute atomic E-state index is 12.0. The Morgan fingerprint density at radius 3 is 2.83 bits per heavy atom. The first-order valence-corrected chi connectivity index (χ1v) is 7.59. The predicted molar refractivity (Wildman–Crippen MR) is 67.3 cm³/mol. The van der Waals surface area contributed by atoms with Crippen LogP contribution in [0.25, 0.3) is 0 Å². The molecular weight excluding hydrogens is 252 g/mol. The molecule has 6 nitrogen and oxygen atoms in total. The fraction of sp³-hybridized carbons (Fsp3) is 0.636. The van der Waals surface area contributed by atoms with Gasteiger partial charge in [-0.3, -0.25) is 9.40 Å². The van der Waals surface area contributed by atoms with Gasteiger partial charge in [0.1, 0.15) is 11.6 Å². The second-order valence-electron chi connectivity index (χ2n) is 4.71. The lowest BCUT2D eigenvalue weighted by atomic mass is 10.1. The minimum atomic E-state index is -3.41. The summed E-state index contributed by atoms with van der Waals surface area (Å²) < 4.78 is 27.8. The molecule has 1 aromatic heterocycles. The summed E-state index contributed by atoms with van der Waals surface area (Å²) in [5.41, 5.74) is 0.243. The molecule has 1 N–H and O–H groups in total. The van der Waals surface area contributed by atoms with Gasteiger partial charge in [0.2, 0.25) is 10.0 Å². The summed E-state index contributed by atoms with van der Waals surface area (Å²) in [5, 5.41) is 12.8. The Morgan fingerprint density at radius 1 is 1.56 bits per heavy atom. The van der Waals surface area contributed by atoms with E-state index in [0.29, 0.717) is 0 Å². The Bertz CT molecular complexity index is 564. The standard InChI is InChI=1S/C11H16N4O2S/c1-15-7-10(6-12)11(13-15)14-18(16,17)8-9-4-2-3-5-9/h7,9H,2-5,8H2,1H3,(H,13,14). The zero-order chi connectivity index (χ0) is 13.2. The molecule has 1 heterocycles. The molecule has 1 aliphatic rings. The number of hydrogen-bond donors (Lipinski definition) is 1. The van der Waals surface area contributed by atoms with Gasteiger partial charge in [-0.15, -0.1) is 0 Å². The van der Waals surface area contributed by atoms with E-state index in [4.69, 9.17) is 5.26 Å². The molecule has 1 aliphatic carbocycles. The number of anilines is 1. The Hall–Kier alpha value is -1.55. The second kappa shape index (κ2) is 4.98. The van der Waals surface area contributed by atoms with Crippen molar-refractivity contribution >= 4 is 15.8 Å². The number of hydrogen-bond acceptors (Lipinski definition) is 4. The molecule has 0 amide bonds. The van der Waals surface area contributed by atoms with Crippen LogP contribution in [0.15, 0.2) is 6.20 Å². The third kappa shape index (κ3) is 3.01. The molecule has 0 spiro atoms. The van der Waals surface area contributed by atoms with Gasteiger partial charge in [-0.05, 0) is 18.8 Å². The van der Waals surface area contributed by atoms with Crippen LogP contribution >= 0.6 is 0 Å². The first-order valence-electron chi connectivity index (χ1n) is 5.94. The lowest BCUT2D eigenvalue weighted by Gasteiger charge is -2.10. The SMILES string of the molecule is Cn1cc(C#N)c(NS(=O)(=O)CC2CCCC2)n1. The van der Waals surface area contributed by atoms with E-state index in [1.54, 1.807) is 7.05 Å². The molecule has 0 atom stereocenters. The van der Waals surface area contributed by atoms with Crippen molar-refractivity contribution in [2.75, 3.05) is 10.5 Å². The first kappa shape index (κ1) is 12.9. The van der Waals surface area contributed by atoms with Crippen LogP contribution in [-0.2, 0) is 17.1 Å². The topological polar surface area (TPSA) is 87.8 Å². The van der Waals surface area contributed by atoms with E-state index in [1.165, 1.54) is 10.9 Å². The van der Waals surface area contributed by atoms with Gasteiger partial charge in [0, 0.05) is 13.2 Å². The largest absolute Gasteiger partial charge is 0.272 e. The molecule has 0 bridgehead atoms. The van der Waals surface area contributed by atoms with Crippen molar-refractivity contribution in [1.82, 2.24) is 9.78 Å². The molecule has 7 heteroatoms. The van der Waals surface area contributed by atoms with Gasteiger partial charge in [0.25, 0.3) is 0 Å². The number of sulfonamides is 1. The highest BCUT2D eigenvalue weighted by molar-refractivity contribution is 7.92. The Balaban J connectivity index is 2.09. The summed E-state index contributed by atoms with van der Waals surface area (Å²) in [6.45, 7) is 0. The van der Waals surface area contributed by atoms with Crippen LogP contribution in [0.3, 0.4) is 0 Å². The second-order valence-corrected chi connectivity index (χ2v) is 6.48. The van der Waals surface area contributed by atoms with Gasteiger partial charge >= 0.3 is 0 Å². The van der Waals surface area contributed by atoms with Gasteiger partial charge in [-0.25, -0.2) is 8.42 Å². The molecular formula is C11H16N4O2S. The smallest absolute Gasteiger partial charge is 0.234 e. The molecule has 0 aliphatic heterocycles. The van der Waals surface area contributed by atoms with E-state index < -0.39 is 10.0 Å². The van der Waals surface area contributed by atoms with Crippen LogP contribution in [0.2, 0.25) is 0 Å². The maximum Gasteiger partial charge on any atom is 0.234 e. The third-order valence-electron chi connectivity index (χ3n) is 3.13. The molecule has 0 radical (unpaired) electrons. The van der Waals surface area contributed by atoms with Gasteiger partial charge in [-0.1, -0.05) is 12.8 Å². The van der Waals surface area contributed by atoms with Gasteiger partial charge in [0.15, 0.2) is 5.82 Å². The van der Waals surface area contributed by atoms with Gasteiger partial charge < -0.3 is 0 Å². The Kier molecular flexibility index (Phi) is 3.57. The summed E-state index contributed by atoms with van der Waals surface area (Å²) in [6, 6.07) is 1.92. The van der Waals surface area contributed by atoms with Crippen LogP contribution in [0.5, 0.6) is 0 Å². The van der Waals surface area contributed by atoms with Crippen molar-refractivity contribution in [1.29, 1.82) is 5.26 Å². The average Bonchev–Trinajstić information content (AvgIpc) is 2.87. The van der Waals surface area contributed by atoms with E-state index >= 15 is 0 Å². The van der Waals surface area contributed by atoms with E-state index in [2.05, 4.69) is 9.82 Å². The highest BCUT2D eigenvalue weighted by Gasteiger charge is 2.24. The van der Waals surface area contributed by atoms with Crippen molar-refractivity contribution in [2.45, 2.75) is 25.7 Å². The monoisotopic (exact) mass is 268 g/mol. The zero-order valence-electron chi connectivity index (χ0n) is 10.3. The highest BCUT2D eigenvalue weighted by Crippen LogP contribution is 2.26. The van der Waals surface area contributed by atoms with Crippen LogP contribution in [0.4, 0.5) is 5.82 Å². The van der Waals surface area contributed by atoms with Crippen molar-refractivity contribution in [3.63, 3.8) is 0 Å². The van der Waals surface area contributed by atoms with Gasteiger partial charge in [-0.2, -0.15) is 10.4 Å². The molecule has 1 saturated carbocycles. The minimum Gasteiger partial charge on any atom is -0.272 e. The molecule has 2 rings (SSSR count). The Labute approximate surface area is 107 Å². The van der Waals surface area contributed by atoms with Crippen molar-refractivity contribution in [3.8, 4) is 6.07 Å². The molecule has 0 aromatic carbocycles. The summed E-state index contributed by atoms with van der Waals surface area (Å²) in [6.07, 6.45) is 5.64. The van der Waals surface area contributed by atoms with Crippen molar-refractivity contribution in [2.24, 2.45) is 13.0 Å². The highest BCUT2D eigenvalue weighted by atomic mass is 32.2. The quantitative estimate of drug-likeness (QED) is 0.889. The number of aromatic nitrogens is 2. The summed E-state index contributed by atoms with van der Waals surface area (Å²) in [7, 11) is -1.77. The predicted octanol–water partition coefficient (Wildman–Crippen LogP) is 1.22. The number of nitrogens with zero attached hydrogens (tertiary/aromatic N) is 3. The number of nitriles is 1. The fourth-order valence-electron chi connectivity index (χ4n) is 2.32. The molecule has 0 saturated heterocycles. The third-order valence-corrected chi connectivity index (χ3v) is 4.55. The van der Waals surface area contributed by atoms with Crippen molar-refractivity contribution < 1.29 is 8.42 Å². The number of aryl methyl sites for hydroxylation is 1. The van der Waals surface area contributed by atoms with E-state index in [0.717, 1.165) is 25.7 Å². The minimum absolute atomic E-state index is 0.119. The Morgan fingerprint density at radius 2 is 2.22 bits per heavy atom. The average molecular weight is 268 g/mol. The lowest BCUT2D eigenvalue weighted by molar-refractivity contribution is 0.562. The van der Waals surface area contributed by atoms with Crippen LogP contribution in [0.1, 0.15) is 31.2 Å². The number of nitrogens with one attached hydrogen (secondary N) is 1. The summed E-state index contributed by atoms with van der Waals surface area (Å²) in [4.78, 5) is 0. The van der Waals surface area contributed by atoms with E-state index in [-0.39, 0.29) is 23.1 Å². The number of rotatable bonds is 4. The fourth-order valence-corrected chi connectivity index (χ4v) is 3.80. The van der Waals surface area contributed by atoms with Crippen molar-refractivity contribution in [3.05, 3.63) is 11.8 Å². The molecule has 1 fully saturated rings. The summed E-state index contributed by atoms with van der Waals surface area (Å²) in [5.74, 6) is 0.476. The molecule has 98 valence electrons. The van der Waals surface area contributed by atoms with E-state index in [9.17, 15) is 8.42 Å². The van der Waals surface area contributed by atoms with Crippen LogP contribution in [0, 0.1) is 17.2 Å².